The van der Waals surface area contributed by atoms with Gasteiger partial charge in [-0.3, -0.25) is 4.68 Å². The average molecular weight is 245 g/mol. The smallest absolute Gasteiger partial charge is 0.132 e. The zero-order chi connectivity index (χ0) is 13.0. The van der Waals surface area contributed by atoms with Gasteiger partial charge in [-0.1, -0.05) is 12.1 Å². The van der Waals surface area contributed by atoms with Crippen molar-refractivity contribution in [3.8, 4) is 5.75 Å². The van der Waals surface area contributed by atoms with Gasteiger partial charge >= 0.3 is 0 Å². The molecule has 4 nitrogen and oxygen atoms in total. The second-order valence-corrected chi connectivity index (χ2v) is 4.52. The molecule has 1 aromatic heterocycles. The number of rotatable bonds is 5. The molecule has 96 valence electrons. The zero-order valence-corrected chi connectivity index (χ0v) is 10.8. The number of hydrogen-bond acceptors (Lipinski definition) is 3. The van der Waals surface area contributed by atoms with E-state index in [-0.39, 0.29) is 0 Å². The van der Waals surface area contributed by atoms with Crippen LogP contribution in [-0.4, -0.2) is 9.78 Å². The Balaban J connectivity index is 1.93. The summed E-state index contributed by atoms with van der Waals surface area (Å²) in [7, 11) is 0. The number of aromatic nitrogens is 2. The van der Waals surface area contributed by atoms with Crippen LogP contribution in [0.3, 0.4) is 0 Å². The van der Waals surface area contributed by atoms with E-state index in [9.17, 15) is 0 Å². The lowest BCUT2D eigenvalue weighted by molar-refractivity contribution is 0.298. The quantitative estimate of drug-likeness (QED) is 0.880. The molecule has 0 spiro atoms. The van der Waals surface area contributed by atoms with E-state index in [1.54, 1.807) is 0 Å². The SMILES string of the molecule is CC(C)n1ccc(COc2ccc(CN)cc2)n1. The predicted octanol–water partition coefficient (Wildman–Crippen LogP) is 2.50. The number of benzene rings is 1. The van der Waals surface area contributed by atoms with Gasteiger partial charge in [0, 0.05) is 18.8 Å². The van der Waals surface area contributed by atoms with Gasteiger partial charge in [0.15, 0.2) is 0 Å². The Hall–Kier alpha value is -1.81. The molecule has 0 unspecified atom stereocenters. The maximum absolute atomic E-state index is 5.67. The van der Waals surface area contributed by atoms with E-state index < -0.39 is 0 Å². The van der Waals surface area contributed by atoms with Crippen LogP contribution in [0.2, 0.25) is 0 Å². The Bertz CT molecular complexity index is 488. The summed E-state index contributed by atoms with van der Waals surface area (Å²) in [5.41, 5.74) is 7.58. The molecule has 0 saturated heterocycles. The maximum atomic E-state index is 5.67. The summed E-state index contributed by atoms with van der Waals surface area (Å²) < 4.78 is 7.59. The summed E-state index contributed by atoms with van der Waals surface area (Å²) in [4.78, 5) is 0. The van der Waals surface area contributed by atoms with Crippen molar-refractivity contribution in [2.75, 3.05) is 0 Å². The van der Waals surface area contributed by atoms with Crippen molar-refractivity contribution in [1.29, 1.82) is 0 Å². The fourth-order valence-electron chi connectivity index (χ4n) is 1.62. The van der Waals surface area contributed by atoms with Crippen LogP contribution < -0.4 is 10.5 Å². The highest BCUT2D eigenvalue weighted by molar-refractivity contribution is 5.27. The molecule has 0 bridgehead atoms. The molecule has 2 rings (SSSR count). The van der Waals surface area contributed by atoms with Crippen molar-refractivity contribution >= 4 is 0 Å². The molecular formula is C14H19N3O. The van der Waals surface area contributed by atoms with Gasteiger partial charge in [-0.2, -0.15) is 5.10 Å². The van der Waals surface area contributed by atoms with Gasteiger partial charge in [0.2, 0.25) is 0 Å². The standard InChI is InChI=1S/C14H19N3O/c1-11(2)17-8-7-13(16-17)10-18-14-5-3-12(9-15)4-6-14/h3-8,11H,9-10,15H2,1-2H3. The Kier molecular flexibility index (Phi) is 3.99. The highest BCUT2D eigenvalue weighted by Gasteiger charge is 2.02. The molecule has 0 aliphatic carbocycles. The van der Waals surface area contributed by atoms with Gasteiger partial charge < -0.3 is 10.5 Å². The van der Waals surface area contributed by atoms with Crippen LogP contribution >= 0.6 is 0 Å². The van der Waals surface area contributed by atoms with E-state index >= 15 is 0 Å². The van der Waals surface area contributed by atoms with Crippen LogP contribution in [0.5, 0.6) is 5.75 Å². The molecule has 0 aliphatic heterocycles. The molecule has 0 radical (unpaired) electrons. The van der Waals surface area contributed by atoms with Crippen LogP contribution in [-0.2, 0) is 13.2 Å². The predicted molar refractivity (Wildman–Crippen MR) is 71.3 cm³/mol. The molecule has 0 fully saturated rings. The van der Waals surface area contributed by atoms with Gasteiger partial charge in [0.1, 0.15) is 12.4 Å². The van der Waals surface area contributed by atoms with Crippen LogP contribution in [0.1, 0.15) is 31.1 Å². The molecule has 4 heteroatoms. The minimum atomic E-state index is 0.377. The molecule has 18 heavy (non-hydrogen) atoms. The summed E-state index contributed by atoms with van der Waals surface area (Å²) in [5.74, 6) is 0.839. The molecule has 0 atom stereocenters. The molecule has 0 amide bonds. The summed E-state index contributed by atoms with van der Waals surface area (Å²) >= 11 is 0. The Morgan fingerprint density at radius 3 is 2.50 bits per heavy atom. The minimum Gasteiger partial charge on any atom is -0.487 e. The first-order valence-electron chi connectivity index (χ1n) is 6.15. The van der Waals surface area contributed by atoms with E-state index in [1.807, 2.05) is 41.2 Å². The summed E-state index contributed by atoms with van der Waals surface area (Å²) in [6.07, 6.45) is 1.97. The van der Waals surface area contributed by atoms with Crippen molar-refractivity contribution in [3.63, 3.8) is 0 Å². The topological polar surface area (TPSA) is 53.1 Å². The molecule has 1 aromatic carbocycles. The van der Waals surface area contributed by atoms with Crippen molar-refractivity contribution < 1.29 is 4.74 Å². The Morgan fingerprint density at radius 1 is 1.22 bits per heavy atom. The largest absolute Gasteiger partial charge is 0.487 e. The first kappa shape index (κ1) is 12.6. The molecule has 1 heterocycles. The third-order valence-corrected chi connectivity index (χ3v) is 2.74. The zero-order valence-electron chi connectivity index (χ0n) is 10.8. The molecule has 2 N–H and O–H groups in total. The van der Waals surface area contributed by atoms with Gasteiger partial charge in [0.25, 0.3) is 0 Å². The van der Waals surface area contributed by atoms with Crippen molar-refractivity contribution in [2.45, 2.75) is 33.0 Å². The molecule has 2 aromatic rings. The number of ether oxygens (including phenoxy) is 1. The van der Waals surface area contributed by atoms with E-state index in [2.05, 4.69) is 18.9 Å². The molecular weight excluding hydrogens is 226 g/mol. The second-order valence-electron chi connectivity index (χ2n) is 4.52. The number of nitrogens with zero attached hydrogens (tertiary/aromatic N) is 2. The third kappa shape index (κ3) is 3.11. The van der Waals surface area contributed by atoms with Crippen LogP contribution in [0.15, 0.2) is 36.5 Å². The first-order valence-corrected chi connectivity index (χ1v) is 6.15. The Morgan fingerprint density at radius 2 is 1.94 bits per heavy atom. The van der Waals surface area contributed by atoms with E-state index in [0.29, 0.717) is 19.2 Å². The normalized spacial score (nSPS) is 10.9. The highest BCUT2D eigenvalue weighted by Crippen LogP contribution is 2.14. The van der Waals surface area contributed by atoms with Crippen molar-refractivity contribution in [3.05, 3.63) is 47.8 Å². The fraction of sp³-hybridized carbons (Fsp3) is 0.357. The fourth-order valence-corrected chi connectivity index (χ4v) is 1.62. The van der Waals surface area contributed by atoms with E-state index in [1.165, 1.54) is 0 Å². The van der Waals surface area contributed by atoms with Crippen molar-refractivity contribution in [2.24, 2.45) is 5.73 Å². The second kappa shape index (κ2) is 5.69. The van der Waals surface area contributed by atoms with Crippen LogP contribution in [0, 0.1) is 0 Å². The molecule has 0 aliphatic rings. The number of hydrogen-bond donors (Lipinski definition) is 1. The van der Waals surface area contributed by atoms with Crippen LogP contribution in [0.25, 0.3) is 0 Å². The van der Waals surface area contributed by atoms with E-state index in [4.69, 9.17) is 10.5 Å². The molecule has 0 saturated carbocycles. The summed E-state index contributed by atoms with van der Waals surface area (Å²) in [6.45, 7) is 5.24. The first-order chi connectivity index (χ1) is 8.69. The van der Waals surface area contributed by atoms with Gasteiger partial charge in [-0.15, -0.1) is 0 Å². The maximum Gasteiger partial charge on any atom is 0.132 e. The van der Waals surface area contributed by atoms with Gasteiger partial charge in [0.05, 0.1) is 5.69 Å². The lowest BCUT2D eigenvalue weighted by Crippen LogP contribution is -2.03. The average Bonchev–Trinajstić information content (AvgIpc) is 2.86. The van der Waals surface area contributed by atoms with Gasteiger partial charge in [-0.25, -0.2) is 0 Å². The lowest BCUT2D eigenvalue weighted by Gasteiger charge is -2.06. The third-order valence-electron chi connectivity index (χ3n) is 2.74. The lowest BCUT2D eigenvalue weighted by atomic mass is 10.2. The van der Waals surface area contributed by atoms with E-state index in [0.717, 1.165) is 17.0 Å². The monoisotopic (exact) mass is 245 g/mol. The minimum absolute atomic E-state index is 0.377. The summed E-state index contributed by atoms with van der Waals surface area (Å²) in [6, 6.07) is 10.2. The van der Waals surface area contributed by atoms with Crippen LogP contribution in [0.4, 0.5) is 0 Å². The Labute approximate surface area is 107 Å². The summed E-state index contributed by atoms with van der Waals surface area (Å²) in [5, 5.41) is 4.43. The van der Waals surface area contributed by atoms with Crippen molar-refractivity contribution in [1.82, 2.24) is 9.78 Å². The van der Waals surface area contributed by atoms with Gasteiger partial charge in [-0.05, 0) is 37.6 Å². The number of nitrogens with two attached hydrogens (primary N) is 1. The highest BCUT2D eigenvalue weighted by atomic mass is 16.5.